The third-order valence-corrected chi connectivity index (χ3v) is 3.44. The predicted molar refractivity (Wildman–Crippen MR) is 75.8 cm³/mol. The molecule has 0 saturated carbocycles. The number of carbonyl (C=O) groups excluding carboxylic acids is 1. The van der Waals surface area contributed by atoms with Gasteiger partial charge in [0.25, 0.3) is 5.91 Å². The van der Waals surface area contributed by atoms with Crippen LogP contribution in [0.3, 0.4) is 0 Å². The predicted octanol–water partition coefficient (Wildman–Crippen LogP) is 2.44. The highest BCUT2D eigenvalue weighted by molar-refractivity contribution is 5.95. The minimum Gasteiger partial charge on any atom is -0.444 e. The molecule has 1 atom stereocenters. The number of nitrogens with zero attached hydrogens (tertiary/aromatic N) is 1. The molecule has 1 unspecified atom stereocenters. The van der Waals surface area contributed by atoms with Gasteiger partial charge in [-0.25, -0.2) is 4.98 Å². The summed E-state index contributed by atoms with van der Waals surface area (Å²) >= 11 is 0. The van der Waals surface area contributed by atoms with E-state index in [0.717, 1.165) is 24.4 Å². The molecule has 1 aliphatic heterocycles. The van der Waals surface area contributed by atoms with Crippen LogP contribution in [0.4, 0.5) is 5.69 Å². The minimum absolute atomic E-state index is 0.121. The number of amides is 1. The molecule has 0 aliphatic carbocycles. The molecule has 1 aliphatic rings. The Bertz CT molecular complexity index is 648. The van der Waals surface area contributed by atoms with E-state index in [2.05, 4.69) is 15.6 Å². The molecule has 0 spiro atoms. The first kappa shape index (κ1) is 12.7. The van der Waals surface area contributed by atoms with Gasteiger partial charge in [0.15, 0.2) is 0 Å². The van der Waals surface area contributed by atoms with Crippen LogP contribution in [0.5, 0.6) is 0 Å². The van der Waals surface area contributed by atoms with Gasteiger partial charge in [0, 0.05) is 17.8 Å². The van der Waals surface area contributed by atoms with Crippen LogP contribution >= 0.6 is 0 Å². The van der Waals surface area contributed by atoms with Crippen LogP contribution in [0, 0.1) is 6.92 Å². The maximum Gasteiger partial charge on any atom is 0.251 e. The second kappa shape index (κ2) is 5.00. The Hall–Kier alpha value is -2.30. The highest BCUT2D eigenvalue weighted by Crippen LogP contribution is 2.23. The molecule has 104 valence electrons. The van der Waals surface area contributed by atoms with Crippen molar-refractivity contribution in [1.29, 1.82) is 0 Å². The molecule has 0 radical (unpaired) electrons. The van der Waals surface area contributed by atoms with Crippen LogP contribution in [0.1, 0.15) is 40.5 Å². The molecule has 0 fully saturated rings. The summed E-state index contributed by atoms with van der Waals surface area (Å²) in [5.41, 5.74) is 2.96. The van der Waals surface area contributed by atoms with Gasteiger partial charge in [-0.05, 0) is 38.0 Å². The number of nitrogens with one attached hydrogen (secondary N) is 2. The molecule has 5 heteroatoms. The highest BCUT2D eigenvalue weighted by Gasteiger charge is 2.17. The number of oxazole rings is 1. The first-order valence-corrected chi connectivity index (χ1v) is 6.73. The SMILES string of the molecule is Cc1cnc(C(C)NC(=O)c2ccc3c(c2)NCC3)o1. The van der Waals surface area contributed by atoms with E-state index in [1.54, 1.807) is 6.20 Å². The average molecular weight is 271 g/mol. The fourth-order valence-corrected chi connectivity index (χ4v) is 2.35. The number of anilines is 1. The zero-order chi connectivity index (χ0) is 14.1. The van der Waals surface area contributed by atoms with Crippen molar-refractivity contribution >= 4 is 11.6 Å². The lowest BCUT2D eigenvalue weighted by molar-refractivity contribution is 0.0934. The summed E-state index contributed by atoms with van der Waals surface area (Å²) in [4.78, 5) is 16.4. The topological polar surface area (TPSA) is 67.2 Å². The maximum absolute atomic E-state index is 12.2. The highest BCUT2D eigenvalue weighted by atomic mass is 16.4. The van der Waals surface area contributed by atoms with E-state index in [9.17, 15) is 4.79 Å². The summed E-state index contributed by atoms with van der Waals surface area (Å²) < 4.78 is 5.42. The lowest BCUT2D eigenvalue weighted by atomic mass is 10.1. The molecule has 3 rings (SSSR count). The zero-order valence-corrected chi connectivity index (χ0v) is 11.6. The molecular formula is C15H17N3O2. The molecule has 0 bridgehead atoms. The minimum atomic E-state index is -0.252. The van der Waals surface area contributed by atoms with E-state index < -0.39 is 0 Å². The van der Waals surface area contributed by atoms with Crippen LogP contribution in [0.15, 0.2) is 28.8 Å². The van der Waals surface area contributed by atoms with Gasteiger partial charge in [-0.15, -0.1) is 0 Å². The van der Waals surface area contributed by atoms with Crippen molar-refractivity contribution < 1.29 is 9.21 Å². The van der Waals surface area contributed by atoms with E-state index in [1.165, 1.54) is 5.56 Å². The number of benzene rings is 1. The van der Waals surface area contributed by atoms with Gasteiger partial charge < -0.3 is 15.1 Å². The van der Waals surface area contributed by atoms with Crippen LogP contribution in [0.25, 0.3) is 0 Å². The van der Waals surface area contributed by atoms with E-state index in [1.807, 2.05) is 32.0 Å². The van der Waals surface area contributed by atoms with Crippen molar-refractivity contribution in [3.05, 3.63) is 47.2 Å². The standard InChI is InChI=1S/C15H17N3O2/c1-9-8-17-15(20-9)10(2)18-14(19)12-4-3-11-5-6-16-13(11)7-12/h3-4,7-8,10,16H,5-6H2,1-2H3,(H,18,19). The number of hydrogen-bond acceptors (Lipinski definition) is 4. The summed E-state index contributed by atoms with van der Waals surface area (Å²) in [6, 6.07) is 5.50. The summed E-state index contributed by atoms with van der Waals surface area (Å²) in [5.74, 6) is 1.14. The Morgan fingerprint density at radius 3 is 3.10 bits per heavy atom. The molecule has 2 heterocycles. The molecular weight excluding hydrogens is 254 g/mol. The van der Waals surface area contributed by atoms with Gasteiger partial charge >= 0.3 is 0 Å². The second-order valence-electron chi connectivity index (χ2n) is 5.05. The van der Waals surface area contributed by atoms with Crippen LogP contribution in [-0.2, 0) is 6.42 Å². The van der Waals surface area contributed by atoms with E-state index in [-0.39, 0.29) is 11.9 Å². The Labute approximate surface area is 117 Å². The monoisotopic (exact) mass is 271 g/mol. The quantitative estimate of drug-likeness (QED) is 0.899. The maximum atomic E-state index is 12.2. The van der Waals surface area contributed by atoms with Crippen molar-refractivity contribution in [2.75, 3.05) is 11.9 Å². The first-order chi connectivity index (χ1) is 9.63. The average Bonchev–Trinajstić information content (AvgIpc) is 3.05. The lowest BCUT2D eigenvalue weighted by Gasteiger charge is -2.11. The van der Waals surface area contributed by atoms with Gasteiger partial charge in [-0.3, -0.25) is 4.79 Å². The summed E-state index contributed by atoms with van der Waals surface area (Å²) in [7, 11) is 0. The van der Waals surface area contributed by atoms with Gasteiger partial charge in [0.2, 0.25) is 5.89 Å². The summed E-state index contributed by atoms with van der Waals surface area (Å²) in [5, 5.41) is 6.17. The van der Waals surface area contributed by atoms with Crippen molar-refractivity contribution in [1.82, 2.24) is 10.3 Å². The van der Waals surface area contributed by atoms with Crippen molar-refractivity contribution in [2.24, 2.45) is 0 Å². The van der Waals surface area contributed by atoms with Crippen molar-refractivity contribution in [3.8, 4) is 0 Å². The fourth-order valence-electron chi connectivity index (χ4n) is 2.35. The van der Waals surface area contributed by atoms with Crippen LogP contribution in [-0.4, -0.2) is 17.4 Å². The number of carbonyl (C=O) groups is 1. The number of rotatable bonds is 3. The molecule has 2 aromatic rings. The smallest absolute Gasteiger partial charge is 0.251 e. The number of aryl methyl sites for hydroxylation is 1. The molecule has 20 heavy (non-hydrogen) atoms. The number of hydrogen-bond donors (Lipinski definition) is 2. The van der Waals surface area contributed by atoms with Gasteiger partial charge in [-0.2, -0.15) is 0 Å². The summed E-state index contributed by atoms with van der Waals surface area (Å²) in [6.45, 7) is 4.62. The van der Waals surface area contributed by atoms with Gasteiger partial charge in [0.1, 0.15) is 11.8 Å². The van der Waals surface area contributed by atoms with Crippen molar-refractivity contribution in [2.45, 2.75) is 26.3 Å². The first-order valence-electron chi connectivity index (χ1n) is 6.73. The Morgan fingerprint density at radius 1 is 1.50 bits per heavy atom. The Morgan fingerprint density at radius 2 is 2.35 bits per heavy atom. The van der Waals surface area contributed by atoms with E-state index in [4.69, 9.17) is 4.42 Å². The molecule has 2 N–H and O–H groups in total. The third kappa shape index (κ3) is 2.39. The Balaban J connectivity index is 1.73. The molecule has 1 amide bonds. The van der Waals surface area contributed by atoms with Crippen molar-refractivity contribution in [3.63, 3.8) is 0 Å². The van der Waals surface area contributed by atoms with E-state index >= 15 is 0 Å². The lowest BCUT2D eigenvalue weighted by Crippen LogP contribution is -2.26. The zero-order valence-electron chi connectivity index (χ0n) is 11.6. The third-order valence-electron chi connectivity index (χ3n) is 3.44. The number of fused-ring (bicyclic) bond motifs is 1. The van der Waals surface area contributed by atoms with Crippen LogP contribution < -0.4 is 10.6 Å². The van der Waals surface area contributed by atoms with E-state index in [0.29, 0.717) is 11.5 Å². The largest absolute Gasteiger partial charge is 0.444 e. The molecule has 1 aromatic heterocycles. The fraction of sp³-hybridized carbons (Fsp3) is 0.333. The summed E-state index contributed by atoms with van der Waals surface area (Å²) in [6.07, 6.45) is 2.67. The molecule has 1 aromatic carbocycles. The Kier molecular flexibility index (Phi) is 3.18. The van der Waals surface area contributed by atoms with Gasteiger partial charge in [0.05, 0.1) is 6.20 Å². The normalized spacial score (nSPS) is 14.5. The number of aromatic nitrogens is 1. The molecule has 5 nitrogen and oxygen atoms in total. The second-order valence-corrected chi connectivity index (χ2v) is 5.05. The van der Waals surface area contributed by atoms with Gasteiger partial charge in [-0.1, -0.05) is 6.07 Å². The van der Waals surface area contributed by atoms with Crippen LogP contribution in [0.2, 0.25) is 0 Å². The molecule has 0 saturated heterocycles.